The number of likely N-dealkylation sites (N-methyl/N-ethyl adjacent to an activating group) is 1. The molecule has 0 unspecified atom stereocenters. The minimum Gasteiger partial charge on any atom is -0.372 e. The van der Waals surface area contributed by atoms with Gasteiger partial charge in [-0.3, -0.25) is 9.59 Å². The van der Waals surface area contributed by atoms with E-state index < -0.39 is 0 Å². The first-order valence-electron chi connectivity index (χ1n) is 5.20. The van der Waals surface area contributed by atoms with E-state index in [0.29, 0.717) is 13.2 Å². The summed E-state index contributed by atoms with van der Waals surface area (Å²) in [6.45, 7) is 5.12. The molecule has 0 aromatic rings. The van der Waals surface area contributed by atoms with E-state index in [1.807, 2.05) is 13.8 Å². The molecule has 0 atom stereocenters. The molecule has 0 fully saturated rings. The molecule has 0 aliphatic carbocycles. The lowest BCUT2D eigenvalue weighted by Crippen LogP contribution is -2.39. The zero-order chi connectivity index (χ0) is 11.7. The van der Waals surface area contributed by atoms with Crippen molar-refractivity contribution in [2.24, 2.45) is 0 Å². The van der Waals surface area contributed by atoms with Gasteiger partial charge in [0.25, 0.3) is 0 Å². The smallest absolute Gasteiger partial charge is 0.246 e. The summed E-state index contributed by atoms with van der Waals surface area (Å²) in [4.78, 5) is 24.0. The van der Waals surface area contributed by atoms with E-state index in [4.69, 9.17) is 4.74 Å². The number of hydrogen-bond donors (Lipinski definition) is 1. The predicted molar refractivity (Wildman–Crippen MR) is 57.4 cm³/mol. The number of nitrogens with one attached hydrogen (secondary N) is 1. The second kappa shape index (κ2) is 8.23. The van der Waals surface area contributed by atoms with Gasteiger partial charge in [0.15, 0.2) is 0 Å². The van der Waals surface area contributed by atoms with Gasteiger partial charge in [0.2, 0.25) is 11.8 Å². The van der Waals surface area contributed by atoms with Crippen LogP contribution in [0.5, 0.6) is 0 Å². The first kappa shape index (κ1) is 13.9. The molecule has 1 N–H and O–H groups in total. The van der Waals surface area contributed by atoms with Crippen LogP contribution < -0.4 is 5.32 Å². The van der Waals surface area contributed by atoms with E-state index >= 15 is 0 Å². The van der Waals surface area contributed by atoms with Gasteiger partial charge in [-0.15, -0.1) is 0 Å². The molecule has 0 heterocycles. The summed E-state index contributed by atoms with van der Waals surface area (Å²) in [6.07, 6.45) is 0.880. The third-order valence-corrected chi connectivity index (χ3v) is 1.92. The van der Waals surface area contributed by atoms with Crippen molar-refractivity contribution >= 4 is 11.8 Å². The van der Waals surface area contributed by atoms with E-state index in [1.165, 1.54) is 0 Å². The van der Waals surface area contributed by atoms with Crippen LogP contribution in [0.1, 0.15) is 20.3 Å². The van der Waals surface area contributed by atoms with Crippen molar-refractivity contribution in [1.29, 1.82) is 0 Å². The lowest BCUT2D eigenvalue weighted by molar-refractivity contribution is -0.133. The van der Waals surface area contributed by atoms with Crippen molar-refractivity contribution < 1.29 is 14.3 Å². The van der Waals surface area contributed by atoms with E-state index in [1.54, 1.807) is 11.9 Å². The van der Waals surface area contributed by atoms with Crippen LogP contribution in [0.25, 0.3) is 0 Å². The molecule has 0 aliphatic heterocycles. The van der Waals surface area contributed by atoms with Crippen LogP contribution in [0.3, 0.4) is 0 Å². The molecule has 0 aromatic carbocycles. The largest absolute Gasteiger partial charge is 0.372 e. The SMILES string of the molecule is CCCOCC(=O)NCC(=O)N(C)CC. The summed E-state index contributed by atoms with van der Waals surface area (Å²) in [6, 6.07) is 0. The molecule has 0 saturated carbocycles. The maximum absolute atomic E-state index is 11.3. The van der Waals surface area contributed by atoms with Crippen LogP contribution in [0.4, 0.5) is 0 Å². The molecule has 88 valence electrons. The fourth-order valence-electron chi connectivity index (χ4n) is 0.846. The van der Waals surface area contributed by atoms with Gasteiger partial charge in [-0.1, -0.05) is 6.92 Å². The second-order valence-electron chi connectivity index (χ2n) is 3.24. The standard InChI is InChI=1S/C10H20N2O3/c1-4-6-15-8-9(13)11-7-10(14)12(3)5-2/h4-8H2,1-3H3,(H,11,13). The number of carbonyl (C=O) groups is 2. The molecule has 0 bridgehead atoms. The van der Waals surface area contributed by atoms with Crippen molar-refractivity contribution in [1.82, 2.24) is 10.2 Å². The Kier molecular flexibility index (Phi) is 7.62. The lowest BCUT2D eigenvalue weighted by Gasteiger charge is -2.14. The van der Waals surface area contributed by atoms with Crippen molar-refractivity contribution in [3.63, 3.8) is 0 Å². The minimum atomic E-state index is -0.249. The molecule has 5 heteroatoms. The van der Waals surface area contributed by atoms with Crippen molar-refractivity contribution in [2.75, 3.05) is 33.4 Å². The number of rotatable bonds is 7. The molecule has 5 nitrogen and oxygen atoms in total. The van der Waals surface area contributed by atoms with Crippen LogP contribution in [-0.4, -0.2) is 50.1 Å². The highest BCUT2D eigenvalue weighted by molar-refractivity contribution is 5.85. The fraction of sp³-hybridized carbons (Fsp3) is 0.800. The highest BCUT2D eigenvalue weighted by Crippen LogP contribution is 1.83. The maximum atomic E-state index is 11.3. The Morgan fingerprint density at radius 1 is 1.33 bits per heavy atom. The van der Waals surface area contributed by atoms with E-state index in [2.05, 4.69) is 5.32 Å². The number of ether oxygens (including phenoxy) is 1. The summed E-state index contributed by atoms with van der Waals surface area (Å²) >= 11 is 0. The molecule has 15 heavy (non-hydrogen) atoms. The monoisotopic (exact) mass is 216 g/mol. The van der Waals surface area contributed by atoms with Gasteiger partial charge in [0, 0.05) is 20.2 Å². The number of nitrogens with zero attached hydrogens (tertiary/aromatic N) is 1. The Labute approximate surface area is 90.8 Å². The Hall–Kier alpha value is -1.10. The van der Waals surface area contributed by atoms with Crippen LogP contribution in [0, 0.1) is 0 Å². The summed E-state index contributed by atoms with van der Waals surface area (Å²) < 4.78 is 5.03. The summed E-state index contributed by atoms with van der Waals surface area (Å²) in [5, 5.41) is 2.50. The Balaban J connectivity index is 3.57. The third kappa shape index (κ3) is 6.90. The molecule has 2 amide bonds. The van der Waals surface area contributed by atoms with Gasteiger partial charge in [0.05, 0.1) is 6.54 Å². The molecular formula is C10H20N2O3. The number of hydrogen-bond acceptors (Lipinski definition) is 3. The Morgan fingerprint density at radius 2 is 2.00 bits per heavy atom. The van der Waals surface area contributed by atoms with Crippen molar-refractivity contribution in [2.45, 2.75) is 20.3 Å². The zero-order valence-electron chi connectivity index (χ0n) is 9.71. The minimum absolute atomic E-state index is 0.0248. The second-order valence-corrected chi connectivity index (χ2v) is 3.24. The highest BCUT2D eigenvalue weighted by Gasteiger charge is 2.08. The summed E-state index contributed by atoms with van der Waals surface area (Å²) in [5.41, 5.74) is 0. The molecule has 0 rings (SSSR count). The average Bonchev–Trinajstić information content (AvgIpc) is 2.25. The van der Waals surface area contributed by atoms with Gasteiger partial charge in [0.1, 0.15) is 6.61 Å². The normalized spacial score (nSPS) is 9.80. The molecule has 0 radical (unpaired) electrons. The summed E-state index contributed by atoms with van der Waals surface area (Å²) in [7, 11) is 1.70. The topological polar surface area (TPSA) is 58.6 Å². The number of amides is 2. The van der Waals surface area contributed by atoms with Gasteiger partial charge in [-0.25, -0.2) is 0 Å². The van der Waals surface area contributed by atoms with Crippen molar-refractivity contribution in [3.05, 3.63) is 0 Å². The van der Waals surface area contributed by atoms with E-state index in [9.17, 15) is 9.59 Å². The van der Waals surface area contributed by atoms with E-state index in [0.717, 1.165) is 6.42 Å². The quantitative estimate of drug-likeness (QED) is 0.610. The highest BCUT2D eigenvalue weighted by atomic mass is 16.5. The van der Waals surface area contributed by atoms with E-state index in [-0.39, 0.29) is 25.0 Å². The van der Waals surface area contributed by atoms with Crippen LogP contribution in [-0.2, 0) is 14.3 Å². The summed E-state index contributed by atoms with van der Waals surface area (Å²) in [5.74, 6) is -0.345. The Morgan fingerprint density at radius 3 is 2.53 bits per heavy atom. The van der Waals surface area contributed by atoms with Gasteiger partial charge >= 0.3 is 0 Å². The van der Waals surface area contributed by atoms with Crippen LogP contribution in [0.15, 0.2) is 0 Å². The van der Waals surface area contributed by atoms with Gasteiger partial charge in [-0.05, 0) is 13.3 Å². The van der Waals surface area contributed by atoms with Crippen LogP contribution >= 0.6 is 0 Å². The lowest BCUT2D eigenvalue weighted by atomic mass is 10.5. The molecule has 0 aromatic heterocycles. The molecule has 0 aliphatic rings. The molecule has 0 spiro atoms. The Bertz CT molecular complexity index is 207. The molecule has 0 saturated heterocycles. The number of carbonyl (C=O) groups excluding carboxylic acids is 2. The zero-order valence-corrected chi connectivity index (χ0v) is 9.71. The molecular weight excluding hydrogens is 196 g/mol. The first-order chi connectivity index (χ1) is 7.11. The third-order valence-electron chi connectivity index (χ3n) is 1.92. The van der Waals surface area contributed by atoms with Crippen molar-refractivity contribution in [3.8, 4) is 0 Å². The first-order valence-corrected chi connectivity index (χ1v) is 5.20. The van der Waals surface area contributed by atoms with Gasteiger partial charge in [-0.2, -0.15) is 0 Å². The van der Waals surface area contributed by atoms with Crippen LogP contribution in [0.2, 0.25) is 0 Å². The van der Waals surface area contributed by atoms with Gasteiger partial charge < -0.3 is 15.0 Å². The predicted octanol–water partition coefficient (Wildman–Crippen LogP) is 0.00750. The fourth-order valence-corrected chi connectivity index (χ4v) is 0.846. The maximum Gasteiger partial charge on any atom is 0.246 e. The average molecular weight is 216 g/mol.